The zero-order valence-corrected chi connectivity index (χ0v) is 11.7. The van der Waals surface area contributed by atoms with E-state index in [9.17, 15) is 0 Å². The van der Waals surface area contributed by atoms with Gasteiger partial charge in [-0.1, -0.05) is 19.8 Å². The lowest BCUT2D eigenvalue weighted by atomic mass is 10.0. The second-order valence-corrected chi connectivity index (χ2v) is 6.30. The van der Waals surface area contributed by atoms with Gasteiger partial charge in [0.25, 0.3) is 0 Å². The molecule has 2 atom stereocenters. The first-order chi connectivity index (χ1) is 8.15. The molecule has 17 heavy (non-hydrogen) atoms. The van der Waals surface area contributed by atoms with Gasteiger partial charge in [0.05, 0.1) is 11.7 Å². The van der Waals surface area contributed by atoms with Crippen LogP contribution in [0.2, 0.25) is 0 Å². The minimum atomic E-state index is 0.266. The molecule has 2 unspecified atom stereocenters. The van der Waals surface area contributed by atoms with Crippen LogP contribution in [0, 0.1) is 5.92 Å². The molecule has 1 aromatic rings. The van der Waals surface area contributed by atoms with E-state index in [1.165, 1.54) is 31.4 Å². The van der Waals surface area contributed by atoms with E-state index in [0.29, 0.717) is 12.0 Å². The van der Waals surface area contributed by atoms with Crippen molar-refractivity contribution in [1.29, 1.82) is 0 Å². The fourth-order valence-corrected chi connectivity index (χ4v) is 3.16. The Balaban J connectivity index is 1.89. The molecule has 1 aromatic heterocycles. The minimum Gasteiger partial charge on any atom is -0.269 e. The fraction of sp³-hybridized carbons (Fsp3) is 0.786. The highest BCUT2D eigenvalue weighted by Gasteiger charge is 2.18. The van der Waals surface area contributed by atoms with Crippen LogP contribution < -0.4 is 0 Å². The van der Waals surface area contributed by atoms with Crippen molar-refractivity contribution in [1.82, 2.24) is 9.78 Å². The molecule has 1 heterocycles. The van der Waals surface area contributed by atoms with Crippen LogP contribution in [0.25, 0.3) is 0 Å². The maximum absolute atomic E-state index is 6.02. The summed E-state index contributed by atoms with van der Waals surface area (Å²) in [6.45, 7) is 4.32. The first kappa shape index (κ1) is 12.9. The smallest absolute Gasteiger partial charge is 0.0627 e. The van der Waals surface area contributed by atoms with Gasteiger partial charge in [-0.3, -0.25) is 4.68 Å². The lowest BCUT2D eigenvalue weighted by Gasteiger charge is -2.12. The SMILES string of the molecule is CC(Cl)CC(C)Cc1ccn(C2CCCC2)n1. The van der Waals surface area contributed by atoms with E-state index in [0.717, 1.165) is 12.8 Å². The number of rotatable bonds is 5. The van der Waals surface area contributed by atoms with Crippen LogP contribution in [0.1, 0.15) is 57.7 Å². The molecule has 0 saturated heterocycles. The van der Waals surface area contributed by atoms with Gasteiger partial charge in [0, 0.05) is 11.6 Å². The Morgan fingerprint density at radius 3 is 2.76 bits per heavy atom. The van der Waals surface area contributed by atoms with Crippen molar-refractivity contribution in [3.63, 3.8) is 0 Å². The Kier molecular flexibility index (Phi) is 4.49. The van der Waals surface area contributed by atoms with Gasteiger partial charge in [0.15, 0.2) is 0 Å². The van der Waals surface area contributed by atoms with Crippen LogP contribution in [0.4, 0.5) is 0 Å². The molecule has 0 N–H and O–H groups in total. The van der Waals surface area contributed by atoms with E-state index in [2.05, 4.69) is 30.8 Å². The normalized spacial score (nSPS) is 20.6. The Labute approximate surface area is 109 Å². The highest BCUT2D eigenvalue weighted by atomic mass is 35.5. The first-order valence-corrected chi connectivity index (χ1v) is 7.27. The van der Waals surface area contributed by atoms with E-state index in [-0.39, 0.29) is 5.38 Å². The molecular formula is C14H23ClN2. The van der Waals surface area contributed by atoms with Crippen molar-refractivity contribution in [3.05, 3.63) is 18.0 Å². The lowest BCUT2D eigenvalue weighted by molar-refractivity contribution is 0.454. The molecule has 2 rings (SSSR count). The molecule has 1 saturated carbocycles. The Bertz CT molecular complexity index is 340. The van der Waals surface area contributed by atoms with Crippen molar-refractivity contribution < 1.29 is 0 Å². The van der Waals surface area contributed by atoms with Crippen molar-refractivity contribution in [2.75, 3.05) is 0 Å². The van der Waals surface area contributed by atoms with Crippen LogP contribution in [-0.4, -0.2) is 15.2 Å². The largest absolute Gasteiger partial charge is 0.269 e. The zero-order valence-electron chi connectivity index (χ0n) is 10.9. The van der Waals surface area contributed by atoms with Crippen LogP contribution in [0.5, 0.6) is 0 Å². The Hall–Kier alpha value is -0.500. The highest BCUT2D eigenvalue weighted by molar-refractivity contribution is 6.20. The standard InChI is InChI=1S/C14H23ClN2/c1-11(9-12(2)15)10-13-7-8-17(16-13)14-5-3-4-6-14/h7-8,11-12,14H,3-6,9-10H2,1-2H3. The number of halogens is 1. The summed E-state index contributed by atoms with van der Waals surface area (Å²) in [6.07, 6.45) is 9.60. The summed E-state index contributed by atoms with van der Waals surface area (Å²) in [5, 5.41) is 4.98. The summed E-state index contributed by atoms with van der Waals surface area (Å²) < 4.78 is 2.18. The molecule has 0 aliphatic heterocycles. The molecule has 1 fully saturated rings. The van der Waals surface area contributed by atoms with Gasteiger partial charge in [-0.05, 0) is 44.6 Å². The van der Waals surface area contributed by atoms with Gasteiger partial charge in [-0.15, -0.1) is 11.6 Å². The molecule has 0 bridgehead atoms. The molecule has 0 aromatic carbocycles. The second kappa shape index (κ2) is 5.90. The average molecular weight is 255 g/mol. The predicted octanol–water partition coefficient (Wildman–Crippen LogP) is 4.19. The second-order valence-electron chi connectivity index (χ2n) is 5.55. The quantitative estimate of drug-likeness (QED) is 0.721. The van der Waals surface area contributed by atoms with Crippen LogP contribution in [0.15, 0.2) is 12.3 Å². The fourth-order valence-electron chi connectivity index (χ4n) is 2.85. The van der Waals surface area contributed by atoms with Gasteiger partial charge in [0.2, 0.25) is 0 Å². The van der Waals surface area contributed by atoms with Crippen molar-refractivity contribution >= 4 is 11.6 Å². The Morgan fingerprint density at radius 2 is 2.12 bits per heavy atom. The summed E-state index contributed by atoms with van der Waals surface area (Å²) in [6, 6.07) is 2.83. The monoisotopic (exact) mass is 254 g/mol. The molecule has 2 nitrogen and oxygen atoms in total. The third-order valence-electron chi connectivity index (χ3n) is 3.65. The van der Waals surface area contributed by atoms with Crippen molar-refractivity contribution in [2.24, 2.45) is 5.92 Å². The topological polar surface area (TPSA) is 17.8 Å². The average Bonchev–Trinajstić information content (AvgIpc) is 2.84. The minimum absolute atomic E-state index is 0.266. The molecular weight excluding hydrogens is 232 g/mol. The molecule has 0 amide bonds. The van der Waals surface area contributed by atoms with E-state index in [1.807, 2.05) is 0 Å². The van der Waals surface area contributed by atoms with Gasteiger partial charge >= 0.3 is 0 Å². The molecule has 0 radical (unpaired) electrons. The van der Waals surface area contributed by atoms with E-state index >= 15 is 0 Å². The van der Waals surface area contributed by atoms with Gasteiger partial charge in [-0.25, -0.2) is 0 Å². The summed E-state index contributed by atoms with van der Waals surface area (Å²) in [5.41, 5.74) is 1.22. The zero-order chi connectivity index (χ0) is 12.3. The number of hydrogen-bond acceptors (Lipinski definition) is 1. The number of nitrogens with zero attached hydrogens (tertiary/aromatic N) is 2. The Morgan fingerprint density at radius 1 is 1.41 bits per heavy atom. The van der Waals surface area contributed by atoms with Crippen LogP contribution in [-0.2, 0) is 6.42 Å². The highest BCUT2D eigenvalue weighted by Crippen LogP contribution is 2.29. The molecule has 3 heteroatoms. The summed E-state index contributed by atoms with van der Waals surface area (Å²) in [5.74, 6) is 0.620. The maximum atomic E-state index is 6.02. The molecule has 96 valence electrons. The molecule has 1 aliphatic rings. The molecule has 0 spiro atoms. The summed E-state index contributed by atoms with van der Waals surface area (Å²) in [7, 11) is 0. The van der Waals surface area contributed by atoms with Crippen molar-refractivity contribution in [3.8, 4) is 0 Å². The van der Waals surface area contributed by atoms with Crippen molar-refractivity contribution in [2.45, 2.75) is 63.8 Å². The summed E-state index contributed by atoms with van der Waals surface area (Å²) >= 11 is 6.02. The number of aromatic nitrogens is 2. The van der Waals surface area contributed by atoms with Gasteiger partial charge in [-0.2, -0.15) is 5.10 Å². The number of alkyl halides is 1. The van der Waals surface area contributed by atoms with E-state index in [1.54, 1.807) is 0 Å². The lowest BCUT2D eigenvalue weighted by Crippen LogP contribution is -2.08. The maximum Gasteiger partial charge on any atom is 0.0627 e. The molecule has 1 aliphatic carbocycles. The predicted molar refractivity (Wildman–Crippen MR) is 72.5 cm³/mol. The van der Waals surface area contributed by atoms with Crippen LogP contribution in [0.3, 0.4) is 0 Å². The van der Waals surface area contributed by atoms with E-state index in [4.69, 9.17) is 16.7 Å². The van der Waals surface area contributed by atoms with E-state index < -0.39 is 0 Å². The first-order valence-electron chi connectivity index (χ1n) is 6.83. The van der Waals surface area contributed by atoms with Gasteiger partial charge in [0.1, 0.15) is 0 Å². The number of hydrogen-bond donors (Lipinski definition) is 0. The van der Waals surface area contributed by atoms with Crippen LogP contribution >= 0.6 is 11.6 Å². The third-order valence-corrected chi connectivity index (χ3v) is 3.83. The summed E-state index contributed by atoms with van der Waals surface area (Å²) in [4.78, 5) is 0. The third kappa shape index (κ3) is 3.74. The van der Waals surface area contributed by atoms with Gasteiger partial charge < -0.3 is 0 Å².